The molecule has 1 atom stereocenters. The highest BCUT2D eigenvalue weighted by Crippen LogP contribution is 2.18. The van der Waals surface area contributed by atoms with Gasteiger partial charge in [0.25, 0.3) is 5.92 Å². The van der Waals surface area contributed by atoms with E-state index < -0.39 is 18.3 Å². The van der Waals surface area contributed by atoms with E-state index >= 15 is 0 Å². The molecule has 1 heterocycles. The standard InChI is InChI=1S/C9H16F2N2O/c1-8(3-4-12-6-8)13-7(14)5-9(2,10)11/h12H,3-6H2,1-2H3,(H,13,14). The maximum absolute atomic E-state index is 12.5. The number of hydrogen-bond acceptors (Lipinski definition) is 2. The van der Waals surface area contributed by atoms with Crippen LogP contribution in [-0.2, 0) is 4.79 Å². The average Bonchev–Trinajstić information content (AvgIpc) is 2.30. The lowest BCUT2D eigenvalue weighted by molar-refractivity contribution is -0.128. The Balaban J connectivity index is 2.40. The number of rotatable bonds is 3. The molecule has 14 heavy (non-hydrogen) atoms. The van der Waals surface area contributed by atoms with Crippen LogP contribution in [0.5, 0.6) is 0 Å². The van der Waals surface area contributed by atoms with Crippen molar-refractivity contribution in [3.05, 3.63) is 0 Å². The van der Waals surface area contributed by atoms with E-state index in [9.17, 15) is 13.6 Å². The van der Waals surface area contributed by atoms with Crippen LogP contribution >= 0.6 is 0 Å². The molecular formula is C9H16F2N2O. The first-order valence-corrected chi connectivity index (χ1v) is 4.70. The Bertz CT molecular complexity index is 219. The van der Waals surface area contributed by atoms with Gasteiger partial charge in [-0.15, -0.1) is 0 Å². The van der Waals surface area contributed by atoms with Gasteiger partial charge >= 0.3 is 0 Å². The highest BCUT2D eigenvalue weighted by atomic mass is 19.3. The molecule has 1 aliphatic heterocycles. The van der Waals surface area contributed by atoms with Crippen molar-refractivity contribution >= 4 is 5.91 Å². The van der Waals surface area contributed by atoms with E-state index in [4.69, 9.17) is 0 Å². The van der Waals surface area contributed by atoms with Crippen LogP contribution in [0.15, 0.2) is 0 Å². The second-order valence-electron chi connectivity index (χ2n) is 4.28. The van der Waals surface area contributed by atoms with Crippen LogP contribution in [-0.4, -0.2) is 30.5 Å². The number of carbonyl (C=O) groups is 1. The molecule has 0 saturated carbocycles. The van der Waals surface area contributed by atoms with E-state index in [1.165, 1.54) is 0 Å². The Hall–Kier alpha value is -0.710. The van der Waals surface area contributed by atoms with Crippen LogP contribution in [0.1, 0.15) is 26.7 Å². The smallest absolute Gasteiger partial charge is 0.254 e. The first-order valence-electron chi connectivity index (χ1n) is 4.70. The molecule has 5 heteroatoms. The van der Waals surface area contributed by atoms with Crippen molar-refractivity contribution in [3.8, 4) is 0 Å². The molecule has 82 valence electrons. The Morgan fingerprint density at radius 1 is 1.64 bits per heavy atom. The van der Waals surface area contributed by atoms with Crippen molar-refractivity contribution in [2.45, 2.75) is 38.2 Å². The quantitative estimate of drug-likeness (QED) is 0.720. The minimum Gasteiger partial charge on any atom is -0.349 e. The predicted octanol–water partition coefficient (Wildman–Crippen LogP) is 0.900. The Labute approximate surface area is 82.2 Å². The summed E-state index contributed by atoms with van der Waals surface area (Å²) in [5, 5.41) is 5.71. The van der Waals surface area contributed by atoms with Gasteiger partial charge in [0.15, 0.2) is 0 Å². The lowest BCUT2D eigenvalue weighted by Gasteiger charge is -2.25. The first kappa shape index (κ1) is 11.4. The lowest BCUT2D eigenvalue weighted by atomic mass is 10.0. The maximum Gasteiger partial charge on any atom is 0.254 e. The van der Waals surface area contributed by atoms with Gasteiger partial charge in [0, 0.05) is 6.54 Å². The second-order valence-corrected chi connectivity index (χ2v) is 4.28. The van der Waals surface area contributed by atoms with Crippen molar-refractivity contribution in [2.75, 3.05) is 13.1 Å². The van der Waals surface area contributed by atoms with Crippen LogP contribution in [0.2, 0.25) is 0 Å². The molecule has 0 aromatic rings. The molecule has 1 saturated heterocycles. The van der Waals surface area contributed by atoms with Gasteiger partial charge in [-0.25, -0.2) is 8.78 Å². The number of amides is 1. The molecule has 0 aliphatic carbocycles. The predicted molar refractivity (Wildman–Crippen MR) is 49.3 cm³/mol. The zero-order valence-electron chi connectivity index (χ0n) is 8.49. The van der Waals surface area contributed by atoms with Crippen molar-refractivity contribution in [1.29, 1.82) is 0 Å². The van der Waals surface area contributed by atoms with Crippen LogP contribution < -0.4 is 10.6 Å². The second kappa shape index (κ2) is 3.81. The molecule has 1 unspecified atom stereocenters. The molecule has 0 bridgehead atoms. The molecule has 1 rings (SSSR count). The molecule has 0 spiro atoms. The normalized spacial score (nSPS) is 27.7. The summed E-state index contributed by atoms with van der Waals surface area (Å²) < 4.78 is 25.0. The number of halogens is 2. The van der Waals surface area contributed by atoms with Crippen molar-refractivity contribution in [3.63, 3.8) is 0 Å². The van der Waals surface area contributed by atoms with Crippen LogP contribution in [0, 0.1) is 0 Å². The van der Waals surface area contributed by atoms with E-state index in [0.717, 1.165) is 19.9 Å². The van der Waals surface area contributed by atoms with Gasteiger partial charge in [-0.2, -0.15) is 0 Å². The van der Waals surface area contributed by atoms with E-state index in [0.29, 0.717) is 6.54 Å². The summed E-state index contributed by atoms with van der Waals surface area (Å²) in [5.74, 6) is -3.50. The number of carbonyl (C=O) groups excluding carboxylic acids is 1. The van der Waals surface area contributed by atoms with Crippen LogP contribution in [0.3, 0.4) is 0 Å². The summed E-state index contributed by atoms with van der Waals surface area (Å²) >= 11 is 0. The van der Waals surface area contributed by atoms with Crippen LogP contribution in [0.25, 0.3) is 0 Å². The maximum atomic E-state index is 12.5. The topological polar surface area (TPSA) is 41.1 Å². The summed E-state index contributed by atoms with van der Waals surface area (Å²) in [6.45, 7) is 4.08. The summed E-state index contributed by atoms with van der Waals surface area (Å²) in [6.07, 6.45) is 0.0522. The third kappa shape index (κ3) is 3.57. The molecule has 1 fully saturated rings. The minimum absolute atomic E-state index is 0.359. The Kier molecular flexibility index (Phi) is 3.09. The van der Waals surface area contributed by atoms with Crippen molar-refractivity contribution in [2.24, 2.45) is 0 Å². The van der Waals surface area contributed by atoms with Gasteiger partial charge < -0.3 is 10.6 Å². The van der Waals surface area contributed by atoms with Crippen molar-refractivity contribution in [1.82, 2.24) is 10.6 Å². The molecule has 2 N–H and O–H groups in total. The SMILES string of the molecule is CC(F)(F)CC(=O)NC1(C)CCNC1. The highest BCUT2D eigenvalue weighted by Gasteiger charge is 2.33. The fraction of sp³-hybridized carbons (Fsp3) is 0.889. The van der Waals surface area contributed by atoms with Crippen molar-refractivity contribution < 1.29 is 13.6 Å². The van der Waals surface area contributed by atoms with Gasteiger partial charge in [-0.05, 0) is 26.8 Å². The molecule has 3 nitrogen and oxygen atoms in total. The van der Waals surface area contributed by atoms with Gasteiger partial charge in [-0.3, -0.25) is 4.79 Å². The lowest BCUT2D eigenvalue weighted by Crippen LogP contribution is -2.48. The van der Waals surface area contributed by atoms with Gasteiger partial charge in [0.1, 0.15) is 0 Å². The zero-order chi connectivity index (χ0) is 10.8. The van der Waals surface area contributed by atoms with E-state index in [1.54, 1.807) is 0 Å². The third-order valence-corrected chi connectivity index (χ3v) is 2.28. The fourth-order valence-corrected chi connectivity index (χ4v) is 1.59. The Morgan fingerprint density at radius 3 is 2.71 bits per heavy atom. The summed E-state index contributed by atoms with van der Waals surface area (Å²) in [4.78, 5) is 11.2. The molecule has 0 radical (unpaired) electrons. The number of hydrogen-bond donors (Lipinski definition) is 2. The average molecular weight is 206 g/mol. The van der Waals surface area contributed by atoms with Gasteiger partial charge in [0.2, 0.25) is 5.91 Å². The summed E-state index contributed by atoms with van der Waals surface area (Å²) in [7, 11) is 0. The molecule has 1 amide bonds. The number of nitrogens with one attached hydrogen (secondary N) is 2. The van der Waals surface area contributed by atoms with E-state index in [2.05, 4.69) is 10.6 Å². The van der Waals surface area contributed by atoms with E-state index in [1.807, 2.05) is 6.92 Å². The molecule has 0 aromatic heterocycles. The molecule has 1 aliphatic rings. The van der Waals surface area contributed by atoms with Crippen LogP contribution in [0.4, 0.5) is 8.78 Å². The van der Waals surface area contributed by atoms with E-state index in [-0.39, 0.29) is 5.54 Å². The fourth-order valence-electron chi connectivity index (χ4n) is 1.59. The monoisotopic (exact) mass is 206 g/mol. The largest absolute Gasteiger partial charge is 0.349 e. The zero-order valence-corrected chi connectivity index (χ0v) is 8.49. The molecule has 0 aromatic carbocycles. The van der Waals surface area contributed by atoms with Gasteiger partial charge in [0.05, 0.1) is 12.0 Å². The minimum atomic E-state index is -2.92. The summed E-state index contributed by atoms with van der Waals surface area (Å²) in [5.41, 5.74) is -0.359. The third-order valence-electron chi connectivity index (χ3n) is 2.28. The highest BCUT2D eigenvalue weighted by molar-refractivity contribution is 5.77. The van der Waals surface area contributed by atoms with Gasteiger partial charge in [-0.1, -0.05) is 0 Å². The first-order chi connectivity index (χ1) is 6.31. The summed E-state index contributed by atoms with van der Waals surface area (Å²) in [6, 6.07) is 0. The number of alkyl halides is 2. The molecular weight excluding hydrogens is 190 g/mol. The Morgan fingerprint density at radius 2 is 2.29 bits per heavy atom.